The zero-order valence-corrected chi connectivity index (χ0v) is 16.2. The van der Waals surface area contributed by atoms with Crippen molar-refractivity contribution in [3.63, 3.8) is 0 Å². The second-order valence-corrected chi connectivity index (χ2v) is 7.91. The second kappa shape index (κ2) is 6.52. The van der Waals surface area contributed by atoms with Crippen LogP contribution in [-0.4, -0.2) is 6.73 Å². The van der Waals surface area contributed by atoms with Crippen molar-refractivity contribution in [3.05, 3.63) is 67.8 Å². The maximum Gasteiger partial charge on any atom is 0.339 e. The molecule has 0 N–H and O–H groups in total. The van der Waals surface area contributed by atoms with Crippen molar-refractivity contribution in [2.24, 2.45) is 0 Å². The van der Waals surface area contributed by atoms with Crippen LogP contribution in [0.25, 0.3) is 11.0 Å². The summed E-state index contributed by atoms with van der Waals surface area (Å²) in [5, 5.41) is 1.40. The van der Waals surface area contributed by atoms with Gasteiger partial charge in [0.15, 0.2) is 6.73 Å². The summed E-state index contributed by atoms with van der Waals surface area (Å²) in [5.74, 6) is 0.275. The average molecular weight is 400 g/mol. The lowest BCUT2D eigenvalue weighted by Crippen LogP contribution is -2.32. The minimum Gasteiger partial charge on any atom is -0.471 e. The lowest BCUT2D eigenvalue weighted by Gasteiger charge is -2.32. The molecule has 2 aliphatic rings. The first kappa shape index (κ1) is 17.6. The third-order valence-corrected chi connectivity index (χ3v) is 6.03. The second-order valence-electron chi connectivity index (χ2n) is 7.50. The van der Waals surface area contributed by atoms with E-state index < -0.39 is 0 Å². The van der Waals surface area contributed by atoms with E-state index in [0.29, 0.717) is 34.2 Å². The first-order valence-electron chi connectivity index (χ1n) is 9.47. The molecule has 0 atom stereocenters. The fourth-order valence-electron chi connectivity index (χ4n) is 4.21. The van der Waals surface area contributed by atoms with Gasteiger partial charge in [-0.3, -0.25) is 0 Å². The summed E-state index contributed by atoms with van der Waals surface area (Å²) in [6.45, 7) is 2.40. The topological polar surface area (TPSA) is 42.7 Å². The zero-order valence-electron chi connectivity index (χ0n) is 15.5. The Bertz CT molecular complexity index is 1170. The number of anilines is 1. The number of ether oxygens (including phenoxy) is 1. The Morgan fingerprint density at radius 1 is 1.11 bits per heavy atom. The Balaban J connectivity index is 1.67. The van der Waals surface area contributed by atoms with Gasteiger partial charge in [-0.05, 0) is 61.9 Å². The normalized spacial score (nSPS) is 15.9. The summed E-state index contributed by atoms with van der Waals surface area (Å²) < 4.78 is 25.7. The van der Waals surface area contributed by atoms with Gasteiger partial charge in [-0.2, -0.15) is 0 Å². The van der Waals surface area contributed by atoms with E-state index in [9.17, 15) is 9.18 Å². The van der Waals surface area contributed by atoms with E-state index in [0.717, 1.165) is 47.8 Å². The Morgan fingerprint density at radius 3 is 2.68 bits per heavy atom. The van der Waals surface area contributed by atoms with Crippen LogP contribution < -0.4 is 15.3 Å². The quantitative estimate of drug-likeness (QED) is 0.532. The van der Waals surface area contributed by atoms with Gasteiger partial charge in [0, 0.05) is 16.6 Å². The summed E-state index contributed by atoms with van der Waals surface area (Å²) >= 11 is 6.52. The molecular weight excluding hydrogens is 381 g/mol. The molecular formula is C22H19ClFNO3. The molecule has 2 heterocycles. The van der Waals surface area contributed by atoms with Crippen LogP contribution in [-0.2, 0) is 19.4 Å². The molecule has 1 aliphatic heterocycles. The highest BCUT2D eigenvalue weighted by Crippen LogP contribution is 2.41. The molecule has 3 aromatic rings. The van der Waals surface area contributed by atoms with Crippen LogP contribution in [0.1, 0.15) is 35.1 Å². The van der Waals surface area contributed by atoms with Crippen molar-refractivity contribution in [2.75, 3.05) is 11.6 Å². The number of rotatable bonds is 1. The summed E-state index contributed by atoms with van der Waals surface area (Å²) in [4.78, 5) is 14.5. The number of hydrogen-bond acceptors (Lipinski definition) is 4. The third-order valence-electron chi connectivity index (χ3n) is 5.75. The summed E-state index contributed by atoms with van der Waals surface area (Å²) in [6, 6.07) is 6.95. The predicted molar refractivity (Wildman–Crippen MR) is 107 cm³/mol. The maximum absolute atomic E-state index is 14.0. The number of fused-ring (bicyclic) bond motifs is 5. The van der Waals surface area contributed by atoms with Gasteiger partial charge in [0.2, 0.25) is 0 Å². The Kier molecular flexibility index (Phi) is 4.09. The van der Waals surface area contributed by atoms with Crippen molar-refractivity contribution >= 4 is 28.3 Å². The van der Waals surface area contributed by atoms with Gasteiger partial charge in [-0.1, -0.05) is 17.7 Å². The van der Waals surface area contributed by atoms with Crippen LogP contribution in [0.3, 0.4) is 0 Å². The van der Waals surface area contributed by atoms with Gasteiger partial charge >= 0.3 is 5.63 Å². The molecule has 6 heteroatoms. The molecule has 0 saturated carbocycles. The van der Waals surface area contributed by atoms with Crippen LogP contribution in [0.4, 0.5) is 10.1 Å². The Hall–Kier alpha value is -2.53. The van der Waals surface area contributed by atoms with Gasteiger partial charge in [0.1, 0.15) is 17.1 Å². The van der Waals surface area contributed by atoms with Gasteiger partial charge in [0.05, 0.1) is 17.1 Å². The molecule has 4 nitrogen and oxygen atoms in total. The third kappa shape index (κ3) is 2.68. The van der Waals surface area contributed by atoms with Crippen molar-refractivity contribution < 1.29 is 13.5 Å². The van der Waals surface area contributed by atoms with E-state index >= 15 is 0 Å². The first-order valence-corrected chi connectivity index (χ1v) is 9.84. The highest BCUT2D eigenvalue weighted by molar-refractivity contribution is 6.33. The van der Waals surface area contributed by atoms with Gasteiger partial charge in [-0.25, -0.2) is 9.18 Å². The maximum atomic E-state index is 14.0. The summed E-state index contributed by atoms with van der Waals surface area (Å²) in [7, 11) is 0. The first-order chi connectivity index (χ1) is 13.5. The van der Waals surface area contributed by atoms with E-state index in [2.05, 4.69) is 0 Å². The lowest BCUT2D eigenvalue weighted by atomic mass is 9.90. The molecule has 1 aliphatic carbocycles. The Labute approximate surface area is 166 Å². The molecule has 0 unspecified atom stereocenters. The Morgan fingerprint density at radius 2 is 1.89 bits per heavy atom. The minimum atomic E-state index is -0.273. The highest BCUT2D eigenvalue weighted by atomic mass is 35.5. The molecule has 5 rings (SSSR count). The van der Waals surface area contributed by atoms with E-state index in [1.165, 1.54) is 6.07 Å². The van der Waals surface area contributed by atoms with Crippen LogP contribution in [0.15, 0.2) is 33.5 Å². The van der Waals surface area contributed by atoms with Crippen molar-refractivity contribution in [1.82, 2.24) is 0 Å². The van der Waals surface area contributed by atoms with Gasteiger partial charge in [0.25, 0.3) is 0 Å². The van der Waals surface area contributed by atoms with Crippen LogP contribution in [0.2, 0.25) is 5.02 Å². The molecule has 2 aromatic carbocycles. The number of hydrogen-bond donors (Lipinski definition) is 0. The van der Waals surface area contributed by atoms with Crippen LogP contribution in [0, 0.1) is 12.7 Å². The van der Waals surface area contributed by atoms with E-state index in [1.807, 2.05) is 17.0 Å². The number of aryl methyl sites for hydroxylation is 2. The molecule has 0 spiro atoms. The number of halogens is 2. The molecule has 0 amide bonds. The molecule has 144 valence electrons. The van der Waals surface area contributed by atoms with Crippen molar-refractivity contribution in [3.8, 4) is 5.75 Å². The smallest absolute Gasteiger partial charge is 0.339 e. The molecule has 0 radical (unpaired) electrons. The summed E-state index contributed by atoms with van der Waals surface area (Å²) in [5.41, 5.74) is 4.10. The highest BCUT2D eigenvalue weighted by Gasteiger charge is 2.27. The van der Waals surface area contributed by atoms with Crippen LogP contribution >= 0.6 is 11.6 Å². The molecule has 1 aromatic heterocycles. The van der Waals surface area contributed by atoms with Crippen molar-refractivity contribution in [2.45, 2.75) is 39.2 Å². The molecule has 0 saturated heterocycles. The molecule has 0 fully saturated rings. The number of benzene rings is 2. The number of nitrogens with zero attached hydrogens (tertiary/aromatic N) is 1. The van der Waals surface area contributed by atoms with Crippen LogP contribution in [0.5, 0.6) is 5.75 Å². The van der Waals surface area contributed by atoms with Gasteiger partial charge in [-0.15, -0.1) is 0 Å². The van der Waals surface area contributed by atoms with E-state index in [1.54, 1.807) is 13.0 Å². The molecule has 0 bridgehead atoms. The van der Waals surface area contributed by atoms with Gasteiger partial charge < -0.3 is 14.1 Å². The standard InChI is InChI=1S/C22H19ClFNO3/c1-12-6-7-13(8-19(12)24)25-10-17-20-16(9-18(23)21(17)27-11-25)14-4-2-3-5-15(14)22(26)28-20/h6-9H,2-5,10-11H2,1H3. The fraction of sp³-hybridized carbons (Fsp3) is 0.318. The average Bonchev–Trinajstić information content (AvgIpc) is 2.71. The van der Waals surface area contributed by atoms with Crippen molar-refractivity contribution in [1.29, 1.82) is 0 Å². The SMILES string of the molecule is Cc1ccc(N2COc3c(Cl)cc4c5c(c(=O)oc4c3C2)CCCC5)cc1F. The monoisotopic (exact) mass is 399 g/mol. The predicted octanol–water partition coefficient (Wildman–Crippen LogP) is 5.13. The van der Waals surface area contributed by atoms with E-state index in [-0.39, 0.29) is 18.2 Å². The summed E-state index contributed by atoms with van der Waals surface area (Å²) in [6.07, 6.45) is 3.64. The minimum absolute atomic E-state index is 0.246. The lowest BCUT2D eigenvalue weighted by molar-refractivity contribution is 0.289. The van der Waals surface area contributed by atoms with E-state index in [4.69, 9.17) is 20.8 Å². The molecule has 28 heavy (non-hydrogen) atoms. The largest absolute Gasteiger partial charge is 0.471 e. The fourth-order valence-corrected chi connectivity index (χ4v) is 4.49. The zero-order chi connectivity index (χ0) is 19.4.